The second-order valence-corrected chi connectivity index (χ2v) is 8.88. The van der Waals surface area contributed by atoms with Crippen LogP contribution in [0.3, 0.4) is 0 Å². The van der Waals surface area contributed by atoms with E-state index in [1.54, 1.807) is 25.5 Å². The number of carbonyl (C=O) groups is 1. The van der Waals surface area contributed by atoms with Crippen molar-refractivity contribution in [2.75, 3.05) is 7.11 Å². The summed E-state index contributed by atoms with van der Waals surface area (Å²) in [5.74, 6) is 0.267. The molecular weight excluding hydrogens is 548 g/mol. The van der Waals surface area contributed by atoms with Crippen LogP contribution in [0.4, 0.5) is 0 Å². The summed E-state index contributed by atoms with van der Waals surface area (Å²) in [6, 6.07) is 21.1. The number of aromatic nitrogens is 1. The molecule has 0 bridgehead atoms. The molecule has 0 radical (unpaired) electrons. The number of fused-ring (bicyclic) bond motifs is 1. The minimum absolute atomic E-state index is 0.345. The van der Waals surface area contributed by atoms with E-state index in [9.17, 15) is 10.1 Å². The van der Waals surface area contributed by atoms with Gasteiger partial charge in [-0.05, 0) is 61.7 Å². The Labute approximate surface area is 207 Å². The minimum atomic E-state index is -0.345. The molecule has 4 rings (SSSR count). The van der Waals surface area contributed by atoms with Crippen molar-refractivity contribution in [1.29, 1.82) is 5.26 Å². The lowest BCUT2D eigenvalue weighted by Crippen LogP contribution is -2.17. The van der Waals surface area contributed by atoms with Gasteiger partial charge < -0.3 is 9.30 Å². The smallest absolute Gasteiger partial charge is 0.271 e. The molecule has 0 aliphatic carbocycles. The monoisotopic (exact) mass is 564 g/mol. The van der Waals surface area contributed by atoms with E-state index in [-0.39, 0.29) is 5.91 Å². The van der Waals surface area contributed by atoms with E-state index in [4.69, 9.17) is 4.74 Å². The highest BCUT2D eigenvalue weighted by Gasteiger charge is 2.13. The van der Waals surface area contributed by atoms with Crippen molar-refractivity contribution in [1.82, 2.24) is 9.99 Å². The van der Waals surface area contributed by atoms with Gasteiger partial charge in [-0.3, -0.25) is 4.79 Å². The molecule has 164 valence electrons. The summed E-state index contributed by atoms with van der Waals surface area (Å²) in [6.45, 7) is 0.554. The van der Waals surface area contributed by atoms with Crippen molar-refractivity contribution in [2.45, 2.75) is 6.54 Å². The van der Waals surface area contributed by atoms with E-state index in [0.29, 0.717) is 32.4 Å². The summed E-state index contributed by atoms with van der Waals surface area (Å²) < 4.78 is 8.67. The van der Waals surface area contributed by atoms with Crippen molar-refractivity contribution in [3.05, 3.63) is 98.1 Å². The Kier molecular flexibility index (Phi) is 6.92. The highest BCUT2D eigenvalue weighted by molar-refractivity contribution is 9.11. The second kappa shape index (κ2) is 10.0. The number of halogens is 2. The van der Waals surface area contributed by atoms with Gasteiger partial charge in [-0.25, -0.2) is 5.43 Å². The Morgan fingerprint density at radius 2 is 1.85 bits per heavy atom. The fourth-order valence-electron chi connectivity index (χ4n) is 3.57. The molecular formula is C25H18Br2N4O2. The summed E-state index contributed by atoms with van der Waals surface area (Å²) in [5.41, 5.74) is 6.47. The van der Waals surface area contributed by atoms with Gasteiger partial charge in [0.1, 0.15) is 5.75 Å². The van der Waals surface area contributed by atoms with E-state index >= 15 is 0 Å². The molecule has 33 heavy (non-hydrogen) atoms. The van der Waals surface area contributed by atoms with Crippen molar-refractivity contribution in [3.63, 3.8) is 0 Å². The lowest BCUT2D eigenvalue weighted by atomic mass is 10.1. The maximum atomic E-state index is 12.6. The van der Waals surface area contributed by atoms with E-state index in [1.807, 2.05) is 54.7 Å². The molecule has 0 aliphatic heterocycles. The van der Waals surface area contributed by atoms with Crippen LogP contribution in [0.5, 0.6) is 5.75 Å². The number of rotatable bonds is 6. The van der Waals surface area contributed by atoms with Gasteiger partial charge in [-0.2, -0.15) is 10.4 Å². The van der Waals surface area contributed by atoms with Crippen LogP contribution < -0.4 is 10.2 Å². The Balaban J connectivity index is 1.58. The molecule has 4 aromatic rings. The third-order valence-corrected chi connectivity index (χ3v) is 6.31. The zero-order valence-corrected chi connectivity index (χ0v) is 20.7. The lowest BCUT2D eigenvalue weighted by Gasteiger charge is -2.08. The quantitative estimate of drug-likeness (QED) is 0.235. The highest BCUT2D eigenvalue weighted by atomic mass is 79.9. The maximum Gasteiger partial charge on any atom is 0.271 e. The molecule has 6 nitrogen and oxygen atoms in total. The molecule has 3 aromatic carbocycles. The summed E-state index contributed by atoms with van der Waals surface area (Å²) in [6.07, 6.45) is 3.59. The topological polar surface area (TPSA) is 79.4 Å². The first kappa shape index (κ1) is 22.8. The Bertz CT molecular complexity index is 1400. The summed E-state index contributed by atoms with van der Waals surface area (Å²) in [5, 5.41) is 14.6. The number of benzene rings is 3. The van der Waals surface area contributed by atoms with Crippen LogP contribution in [0.2, 0.25) is 0 Å². The minimum Gasteiger partial charge on any atom is -0.494 e. The molecule has 0 unspecified atom stereocenters. The summed E-state index contributed by atoms with van der Waals surface area (Å²) in [7, 11) is 1.56. The number of carbonyl (C=O) groups excluding carboxylic acids is 1. The molecule has 0 fully saturated rings. The van der Waals surface area contributed by atoms with Gasteiger partial charge in [0.15, 0.2) is 0 Å². The average Bonchev–Trinajstić information content (AvgIpc) is 3.16. The van der Waals surface area contributed by atoms with Gasteiger partial charge in [0.2, 0.25) is 0 Å². The molecule has 0 aliphatic rings. The van der Waals surface area contributed by atoms with E-state index in [2.05, 4.69) is 53.0 Å². The third-order valence-electron chi connectivity index (χ3n) is 5.13. The largest absolute Gasteiger partial charge is 0.494 e. The highest BCUT2D eigenvalue weighted by Crippen LogP contribution is 2.34. The number of ether oxygens (including phenoxy) is 1. The first-order valence-corrected chi connectivity index (χ1v) is 11.5. The fraction of sp³-hybridized carbons (Fsp3) is 0.0800. The average molecular weight is 566 g/mol. The normalized spacial score (nSPS) is 11.0. The summed E-state index contributed by atoms with van der Waals surface area (Å²) in [4.78, 5) is 12.6. The van der Waals surface area contributed by atoms with Gasteiger partial charge >= 0.3 is 0 Å². The van der Waals surface area contributed by atoms with Crippen molar-refractivity contribution < 1.29 is 9.53 Å². The number of nitriles is 1. The van der Waals surface area contributed by atoms with Crippen LogP contribution in [0.1, 0.15) is 27.0 Å². The maximum absolute atomic E-state index is 12.6. The first-order chi connectivity index (χ1) is 16.0. The zero-order chi connectivity index (χ0) is 23.4. The molecule has 0 spiro atoms. The number of amides is 1. The Morgan fingerprint density at radius 3 is 2.58 bits per heavy atom. The SMILES string of the molecule is COc1c(Br)cc(C(=O)NN=Cc2cn(Cc3ccccc3C#N)c3ccccc23)cc1Br. The van der Waals surface area contributed by atoms with Gasteiger partial charge in [0.25, 0.3) is 5.91 Å². The van der Waals surface area contributed by atoms with Crippen LogP contribution >= 0.6 is 31.9 Å². The van der Waals surface area contributed by atoms with Gasteiger partial charge in [-0.1, -0.05) is 36.4 Å². The number of hydrazone groups is 1. The number of methoxy groups -OCH3 is 1. The molecule has 1 N–H and O–H groups in total. The van der Waals surface area contributed by atoms with Crippen LogP contribution in [-0.2, 0) is 6.54 Å². The van der Waals surface area contributed by atoms with E-state index in [0.717, 1.165) is 22.0 Å². The molecule has 1 aromatic heterocycles. The van der Waals surface area contributed by atoms with Crippen molar-refractivity contribution in [2.24, 2.45) is 5.10 Å². The number of hydrogen-bond acceptors (Lipinski definition) is 4. The predicted molar refractivity (Wildman–Crippen MR) is 136 cm³/mol. The zero-order valence-electron chi connectivity index (χ0n) is 17.5. The number of hydrogen-bond donors (Lipinski definition) is 1. The van der Waals surface area contributed by atoms with Crippen molar-refractivity contribution in [3.8, 4) is 11.8 Å². The molecule has 1 amide bonds. The molecule has 1 heterocycles. The predicted octanol–water partition coefficient (Wildman–Crippen LogP) is 5.86. The van der Waals surface area contributed by atoms with Crippen LogP contribution in [-0.4, -0.2) is 23.8 Å². The molecule has 8 heteroatoms. The molecule has 0 atom stereocenters. The fourth-order valence-corrected chi connectivity index (χ4v) is 5.08. The second-order valence-electron chi connectivity index (χ2n) is 7.17. The molecule has 0 saturated heterocycles. The number of nitrogens with zero attached hydrogens (tertiary/aromatic N) is 3. The number of para-hydroxylation sites is 1. The Hall–Kier alpha value is -3.41. The van der Waals surface area contributed by atoms with Crippen molar-refractivity contribution >= 4 is 54.9 Å². The van der Waals surface area contributed by atoms with Crippen LogP contribution in [0, 0.1) is 11.3 Å². The standard InChI is InChI=1S/C25H18Br2N4O2/c1-33-24-21(26)10-18(11-22(24)27)25(32)30-29-13-19-15-31(23-9-5-4-8-20(19)23)14-17-7-3-2-6-16(17)12-28/h2-11,13,15H,14H2,1H3,(H,30,32). The third kappa shape index (κ3) is 4.85. The van der Waals surface area contributed by atoms with Crippen LogP contribution in [0.25, 0.3) is 10.9 Å². The van der Waals surface area contributed by atoms with Crippen LogP contribution in [0.15, 0.2) is 80.9 Å². The van der Waals surface area contributed by atoms with E-state index in [1.165, 1.54) is 0 Å². The molecule has 0 saturated carbocycles. The van der Waals surface area contributed by atoms with Gasteiger partial charge in [-0.15, -0.1) is 0 Å². The number of nitrogens with one attached hydrogen (secondary N) is 1. The summed E-state index contributed by atoms with van der Waals surface area (Å²) >= 11 is 6.80. The van der Waals surface area contributed by atoms with Gasteiger partial charge in [0.05, 0.1) is 33.9 Å². The van der Waals surface area contributed by atoms with E-state index < -0.39 is 0 Å². The lowest BCUT2D eigenvalue weighted by molar-refractivity contribution is 0.0955. The van der Waals surface area contributed by atoms with Gasteiger partial charge in [0, 0.05) is 34.8 Å². The first-order valence-electron chi connectivity index (χ1n) is 9.94. The Morgan fingerprint density at radius 1 is 1.15 bits per heavy atom.